The number of fused-ring (bicyclic) bond motifs is 10. The third-order valence-electron chi connectivity index (χ3n) is 12.4. The van der Waals surface area contributed by atoms with Crippen LogP contribution in [0.2, 0.25) is 0 Å². The van der Waals surface area contributed by atoms with Crippen LogP contribution in [0.15, 0.2) is 164 Å². The van der Waals surface area contributed by atoms with Crippen molar-refractivity contribution in [1.29, 1.82) is 0 Å². The maximum Gasteiger partial charge on any atom is 0.0970 e. The zero-order chi connectivity index (χ0) is 37.2. The molecule has 1 aliphatic carbocycles. The minimum atomic E-state index is 0.939. The highest BCUT2D eigenvalue weighted by Crippen LogP contribution is 2.46. The lowest BCUT2D eigenvalue weighted by Crippen LogP contribution is -1.98. The number of rotatable bonds is 3. The Morgan fingerprint density at radius 2 is 1.14 bits per heavy atom. The van der Waals surface area contributed by atoms with Gasteiger partial charge in [-0.15, -0.1) is 11.3 Å². The molecule has 0 saturated carbocycles. The minimum Gasteiger partial charge on any atom is -0.254 e. The van der Waals surface area contributed by atoms with Gasteiger partial charge in [0.2, 0.25) is 0 Å². The third-order valence-corrected chi connectivity index (χ3v) is 13.6. The second-order valence-electron chi connectivity index (χ2n) is 15.4. The maximum atomic E-state index is 5.41. The molecule has 0 atom stereocenters. The highest BCUT2D eigenvalue weighted by Gasteiger charge is 2.21. The molecular formula is C53H31N3S. The molecule has 3 nitrogen and oxygen atoms in total. The second kappa shape index (κ2) is 11.8. The summed E-state index contributed by atoms with van der Waals surface area (Å²) >= 11 is 1.90. The molecule has 0 bridgehead atoms. The first-order valence-electron chi connectivity index (χ1n) is 19.6. The average Bonchev–Trinajstić information content (AvgIpc) is 3.66. The summed E-state index contributed by atoms with van der Waals surface area (Å²) in [6.45, 7) is 0. The van der Waals surface area contributed by atoms with E-state index in [2.05, 4.69) is 146 Å². The third kappa shape index (κ3) is 4.45. The van der Waals surface area contributed by atoms with Crippen LogP contribution in [0.1, 0.15) is 24.1 Å². The van der Waals surface area contributed by atoms with Crippen molar-refractivity contribution in [1.82, 2.24) is 15.0 Å². The molecule has 0 unspecified atom stereocenters. The monoisotopic (exact) mass is 741 g/mol. The number of nitrogens with zero attached hydrogens (tertiary/aromatic N) is 3. The van der Waals surface area contributed by atoms with Gasteiger partial charge in [0.05, 0.1) is 22.2 Å². The number of benzene rings is 8. The zero-order valence-corrected chi connectivity index (χ0v) is 31.6. The molecule has 4 heterocycles. The molecule has 0 aliphatic heterocycles. The van der Waals surface area contributed by atoms with Crippen LogP contribution in [0.25, 0.3) is 118 Å². The first kappa shape index (κ1) is 31.2. The Kier molecular flexibility index (Phi) is 6.44. The molecule has 57 heavy (non-hydrogen) atoms. The molecule has 264 valence electrons. The molecule has 0 amide bonds. The van der Waals surface area contributed by atoms with E-state index in [0.29, 0.717) is 0 Å². The standard InChI is InChI=1S/C53H31N3S/c1-3-12-45-43(11-1)49-44(25-24-42-38-10-2-4-13-46(38)57-53(42)49)50(56-45)34-8-5-7-33(29-34)35-19-14-30-17-22-40-36(20-15-31-16-21-39(35)47(30)48(31)40)37-26-28-55-52-41(37)23-18-32-9-6-27-54-51(32)52/h1-4,6,8-29H,5,7H2. The van der Waals surface area contributed by atoms with E-state index in [9.17, 15) is 0 Å². The Labute approximate surface area is 331 Å². The van der Waals surface area contributed by atoms with Crippen LogP contribution in [0.4, 0.5) is 0 Å². The predicted molar refractivity (Wildman–Crippen MR) is 244 cm³/mol. The molecule has 4 heteroatoms. The normalized spacial score (nSPS) is 13.7. The number of hydrogen-bond acceptors (Lipinski definition) is 4. The van der Waals surface area contributed by atoms with Gasteiger partial charge in [-0.05, 0) is 103 Å². The van der Waals surface area contributed by atoms with E-state index in [1.54, 1.807) is 0 Å². The van der Waals surface area contributed by atoms with Gasteiger partial charge in [0.25, 0.3) is 0 Å². The van der Waals surface area contributed by atoms with Crippen molar-refractivity contribution < 1.29 is 0 Å². The lowest BCUT2D eigenvalue weighted by atomic mass is 9.84. The number of allylic oxidation sites excluding steroid dienone is 4. The van der Waals surface area contributed by atoms with Gasteiger partial charge >= 0.3 is 0 Å². The van der Waals surface area contributed by atoms with E-state index in [1.807, 2.05) is 29.8 Å². The van der Waals surface area contributed by atoms with Crippen molar-refractivity contribution >= 4 is 118 Å². The van der Waals surface area contributed by atoms with Crippen LogP contribution in [-0.4, -0.2) is 15.0 Å². The summed E-state index contributed by atoms with van der Waals surface area (Å²) in [6, 6.07) is 51.2. The van der Waals surface area contributed by atoms with Gasteiger partial charge < -0.3 is 0 Å². The van der Waals surface area contributed by atoms with Crippen LogP contribution >= 0.6 is 11.3 Å². The van der Waals surface area contributed by atoms with E-state index in [4.69, 9.17) is 15.0 Å². The smallest absolute Gasteiger partial charge is 0.0970 e. The summed E-state index contributed by atoms with van der Waals surface area (Å²) in [4.78, 5) is 15.0. The van der Waals surface area contributed by atoms with Crippen molar-refractivity contribution in [3.63, 3.8) is 0 Å². The number of para-hydroxylation sites is 1. The van der Waals surface area contributed by atoms with E-state index in [1.165, 1.54) is 96.5 Å². The summed E-state index contributed by atoms with van der Waals surface area (Å²) in [5.74, 6) is 0. The Morgan fingerprint density at radius 3 is 2.04 bits per heavy atom. The minimum absolute atomic E-state index is 0.939. The summed E-state index contributed by atoms with van der Waals surface area (Å²) in [5, 5.41) is 16.3. The summed E-state index contributed by atoms with van der Waals surface area (Å²) < 4.78 is 2.66. The molecule has 0 saturated heterocycles. The van der Waals surface area contributed by atoms with Crippen LogP contribution in [0.3, 0.4) is 0 Å². The fourth-order valence-corrected chi connectivity index (χ4v) is 11.1. The first-order chi connectivity index (χ1) is 28.3. The summed E-state index contributed by atoms with van der Waals surface area (Å²) in [5.41, 5.74) is 10.2. The predicted octanol–water partition coefficient (Wildman–Crippen LogP) is 14.7. The first-order valence-corrected chi connectivity index (χ1v) is 20.5. The molecule has 12 aromatic rings. The van der Waals surface area contributed by atoms with E-state index >= 15 is 0 Å². The molecule has 1 aliphatic rings. The van der Waals surface area contributed by atoms with Crippen molar-refractivity contribution in [3.05, 3.63) is 175 Å². The van der Waals surface area contributed by atoms with E-state index in [-0.39, 0.29) is 0 Å². The largest absolute Gasteiger partial charge is 0.254 e. The molecule has 0 spiro atoms. The Morgan fingerprint density at radius 1 is 0.456 bits per heavy atom. The van der Waals surface area contributed by atoms with Crippen molar-refractivity contribution in [2.75, 3.05) is 0 Å². The number of hydrogen-bond donors (Lipinski definition) is 0. The molecular weight excluding hydrogens is 711 g/mol. The Hall–Kier alpha value is -7.01. The van der Waals surface area contributed by atoms with Gasteiger partial charge in [0.15, 0.2) is 0 Å². The molecule has 4 aromatic heterocycles. The average molecular weight is 742 g/mol. The summed E-state index contributed by atoms with van der Waals surface area (Å²) in [7, 11) is 0. The summed E-state index contributed by atoms with van der Waals surface area (Å²) in [6.07, 6.45) is 10.6. The molecule has 0 N–H and O–H groups in total. The molecule has 0 fully saturated rings. The van der Waals surface area contributed by atoms with E-state index in [0.717, 1.165) is 45.9 Å². The van der Waals surface area contributed by atoms with Crippen molar-refractivity contribution in [2.24, 2.45) is 0 Å². The van der Waals surface area contributed by atoms with Gasteiger partial charge in [0.1, 0.15) is 0 Å². The van der Waals surface area contributed by atoms with Gasteiger partial charge in [-0.1, -0.05) is 121 Å². The molecule has 0 radical (unpaired) electrons. The number of pyridine rings is 3. The van der Waals surface area contributed by atoms with Crippen LogP contribution < -0.4 is 0 Å². The molecule has 8 aromatic carbocycles. The highest BCUT2D eigenvalue weighted by atomic mass is 32.1. The van der Waals surface area contributed by atoms with Gasteiger partial charge in [-0.25, -0.2) is 4.98 Å². The lowest BCUT2D eigenvalue weighted by molar-refractivity contribution is 1.06. The zero-order valence-electron chi connectivity index (χ0n) is 30.8. The fraction of sp³-hybridized carbons (Fsp3) is 0.0377. The number of aromatic nitrogens is 3. The number of thiophene rings is 1. The Bertz CT molecular complexity index is 3760. The van der Waals surface area contributed by atoms with Crippen molar-refractivity contribution in [2.45, 2.75) is 12.8 Å². The quantitative estimate of drug-likeness (QED) is 0.169. The molecule has 13 rings (SSSR count). The van der Waals surface area contributed by atoms with Gasteiger partial charge in [-0.2, -0.15) is 0 Å². The van der Waals surface area contributed by atoms with Crippen LogP contribution in [0.5, 0.6) is 0 Å². The van der Waals surface area contributed by atoms with Crippen LogP contribution in [-0.2, 0) is 0 Å². The van der Waals surface area contributed by atoms with Gasteiger partial charge in [0, 0.05) is 59.5 Å². The van der Waals surface area contributed by atoms with E-state index < -0.39 is 0 Å². The highest BCUT2D eigenvalue weighted by molar-refractivity contribution is 7.26. The van der Waals surface area contributed by atoms with Crippen molar-refractivity contribution in [3.8, 4) is 11.1 Å². The Balaban J connectivity index is 1.00. The van der Waals surface area contributed by atoms with Crippen LogP contribution in [0, 0.1) is 0 Å². The topological polar surface area (TPSA) is 38.7 Å². The maximum absolute atomic E-state index is 5.41. The van der Waals surface area contributed by atoms with Gasteiger partial charge in [-0.3, -0.25) is 9.97 Å². The SMILES string of the molecule is C1=C(c2nc3ccccc3c3c2ccc2c4ccccc4sc23)C=C(c2ccc3ccc4c(-c5ccnc6c5ccc5cccnc56)ccc5ccc2c3c54)CC1. The lowest BCUT2D eigenvalue weighted by Gasteiger charge is -2.20. The second-order valence-corrected chi connectivity index (χ2v) is 16.4. The fourth-order valence-electron chi connectivity index (χ4n) is 9.82.